The van der Waals surface area contributed by atoms with E-state index in [1.54, 1.807) is 5.32 Å². The van der Waals surface area contributed by atoms with Gasteiger partial charge in [0.05, 0.1) is 17.7 Å². The zero-order chi connectivity index (χ0) is 13.9. The van der Waals surface area contributed by atoms with E-state index >= 15 is 0 Å². The van der Waals surface area contributed by atoms with Gasteiger partial charge < -0.3 is 10.4 Å². The predicted octanol–water partition coefficient (Wildman–Crippen LogP) is 1.66. The largest absolute Gasteiger partial charge is 0.478 e. The van der Waals surface area contributed by atoms with Crippen LogP contribution in [0.5, 0.6) is 0 Å². The summed E-state index contributed by atoms with van der Waals surface area (Å²) in [5.41, 5.74) is -1.53. The van der Waals surface area contributed by atoms with Crippen LogP contribution in [0.15, 0.2) is 12.1 Å². The first-order valence-electron chi connectivity index (χ1n) is 4.61. The summed E-state index contributed by atoms with van der Waals surface area (Å²) in [6, 6.07) is 0.661. The van der Waals surface area contributed by atoms with Crippen LogP contribution in [0.25, 0.3) is 0 Å². The number of carboxylic acids is 1. The molecule has 0 heterocycles. The number of benzene rings is 1. The van der Waals surface area contributed by atoms with E-state index in [0.717, 1.165) is 0 Å². The molecule has 0 radical (unpaired) electrons. The predicted molar refractivity (Wildman–Crippen MR) is 51.7 cm³/mol. The van der Waals surface area contributed by atoms with Crippen molar-refractivity contribution in [3.05, 3.63) is 34.9 Å². The summed E-state index contributed by atoms with van der Waals surface area (Å²) in [7, 11) is 0. The minimum atomic E-state index is -2.84. The standard InChI is InChI=1S/C10H7F4NO3/c11-6-1-4(9(16)15-3-8(13)14)5(10(17)18)2-7(6)12/h1-2,8H,3H2,(H,15,16)(H,17,18). The number of rotatable bonds is 4. The first-order valence-corrected chi connectivity index (χ1v) is 4.61. The Morgan fingerprint density at radius 3 is 2.11 bits per heavy atom. The highest BCUT2D eigenvalue weighted by Crippen LogP contribution is 2.15. The molecule has 8 heteroatoms. The lowest BCUT2D eigenvalue weighted by atomic mass is 10.1. The van der Waals surface area contributed by atoms with Crippen LogP contribution in [-0.2, 0) is 0 Å². The maximum atomic E-state index is 12.9. The molecule has 0 bridgehead atoms. The molecule has 0 unspecified atom stereocenters. The highest BCUT2D eigenvalue weighted by molar-refractivity contribution is 6.04. The van der Waals surface area contributed by atoms with Crippen LogP contribution in [0.1, 0.15) is 20.7 Å². The van der Waals surface area contributed by atoms with Crippen LogP contribution in [0, 0.1) is 11.6 Å². The molecule has 0 aliphatic carbocycles. The van der Waals surface area contributed by atoms with Gasteiger partial charge in [-0.3, -0.25) is 4.79 Å². The molecule has 0 aliphatic heterocycles. The van der Waals surface area contributed by atoms with Crippen LogP contribution in [-0.4, -0.2) is 30.0 Å². The number of hydrogen-bond acceptors (Lipinski definition) is 2. The molecule has 0 saturated carbocycles. The number of carbonyl (C=O) groups excluding carboxylic acids is 1. The Labute approximate surface area is 98.2 Å². The van der Waals surface area contributed by atoms with Crippen molar-refractivity contribution in [1.29, 1.82) is 0 Å². The second kappa shape index (κ2) is 5.48. The molecule has 0 atom stereocenters. The third-order valence-electron chi connectivity index (χ3n) is 1.95. The van der Waals surface area contributed by atoms with Crippen molar-refractivity contribution in [2.24, 2.45) is 0 Å². The van der Waals surface area contributed by atoms with Crippen molar-refractivity contribution in [2.45, 2.75) is 6.43 Å². The number of hydrogen-bond donors (Lipinski definition) is 2. The summed E-state index contributed by atoms with van der Waals surface area (Å²) < 4.78 is 49.4. The summed E-state index contributed by atoms with van der Waals surface area (Å²) in [6.45, 7) is -1.02. The Morgan fingerprint density at radius 2 is 1.67 bits per heavy atom. The number of carboxylic acid groups (broad SMARTS) is 1. The van der Waals surface area contributed by atoms with Gasteiger partial charge in [-0.2, -0.15) is 0 Å². The maximum Gasteiger partial charge on any atom is 0.336 e. The van der Waals surface area contributed by atoms with E-state index in [1.807, 2.05) is 0 Å². The first kappa shape index (κ1) is 13.9. The summed E-state index contributed by atoms with van der Waals surface area (Å²) in [5.74, 6) is -5.78. The first-order chi connectivity index (χ1) is 8.32. The molecule has 0 saturated heterocycles. The lowest BCUT2D eigenvalue weighted by molar-refractivity contribution is 0.0689. The lowest BCUT2D eigenvalue weighted by Gasteiger charge is -2.08. The molecule has 0 aliphatic rings. The second-order valence-corrected chi connectivity index (χ2v) is 3.22. The number of aromatic carboxylic acids is 1. The molecule has 1 rings (SSSR count). The fourth-order valence-corrected chi connectivity index (χ4v) is 1.18. The van der Waals surface area contributed by atoms with Crippen molar-refractivity contribution in [1.82, 2.24) is 5.32 Å². The minimum absolute atomic E-state index is 0.314. The van der Waals surface area contributed by atoms with E-state index < -0.39 is 47.6 Å². The van der Waals surface area contributed by atoms with Gasteiger partial charge in [-0.1, -0.05) is 0 Å². The summed E-state index contributed by atoms with van der Waals surface area (Å²) in [4.78, 5) is 22.1. The third kappa shape index (κ3) is 3.19. The van der Waals surface area contributed by atoms with E-state index in [-0.39, 0.29) is 0 Å². The average Bonchev–Trinajstić information content (AvgIpc) is 2.28. The molecule has 98 valence electrons. The summed E-state index contributed by atoms with van der Waals surface area (Å²) in [5, 5.41) is 10.4. The van der Waals surface area contributed by atoms with Crippen LogP contribution < -0.4 is 5.32 Å². The quantitative estimate of drug-likeness (QED) is 0.813. The lowest BCUT2D eigenvalue weighted by Crippen LogP contribution is -2.30. The number of nitrogens with one attached hydrogen (secondary N) is 1. The Hall–Kier alpha value is -2.12. The zero-order valence-corrected chi connectivity index (χ0v) is 8.71. The van der Waals surface area contributed by atoms with Crippen molar-refractivity contribution < 1.29 is 32.3 Å². The second-order valence-electron chi connectivity index (χ2n) is 3.22. The molecular weight excluding hydrogens is 258 g/mol. The highest BCUT2D eigenvalue weighted by atomic mass is 19.3. The van der Waals surface area contributed by atoms with E-state index in [1.165, 1.54) is 0 Å². The van der Waals surface area contributed by atoms with Gasteiger partial charge in [0.2, 0.25) is 0 Å². The van der Waals surface area contributed by atoms with Crippen molar-refractivity contribution in [3.63, 3.8) is 0 Å². The number of carbonyl (C=O) groups is 2. The molecule has 4 nitrogen and oxygen atoms in total. The van der Waals surface area contributed by atoms with Crippen LogP contribution in [0.2, 0.25) is 0 Å². The van der Waals surface area contributed by atoms with E-state index in [0.29, 0.717) is 12.1 Å². The fourth-order valence-electron chi connectivity index (χ4n) is 1.18. The summed E-state index contributed by atoms with van der Waals surface area (Å²) in [6.07, 6.45) is -2.84. The van der Waals surface area contributed by atoms with Gasteiger partial charge in [-0.05, 0) is 12.1 Å². The van der Waals surface area contributed by atoms with Gasteiger partial charge in [0.25, 0.3) is 12.3 Å². The van der Waals surface area contributed by atoms with Crippen molar-refractivity contribution in [3.8, 4) is 0 Å². The molecule has 1 aromatic carbocycles. The van der Waals surface area contributed by atoms with Crippen LogP contribution in [0.3, 0.4) is 0 Å². The van der Waals surface area contributed by atoms with Gasteiger partial charge in [0, 0.05) is 0 Å². The Balaban J connectivity index is 3.10. The number of amides is 1. The topological polar surface area (TPSA) is 66.4 Å². The van der Waals surface area contributed by atoms with E-state index in [4.69, 9.17) is 5.11 Å². The van der Waals surface area contributed by atoms with E-state index in [9.17, 15) is 27.2 Å². The van der Waals surface area contributed by atoms with Gasteiger partial charge in [0.15, 0.2) is 11.6 Å². The van der Waals surface area contributed by atoms with Crippen LogP contribution >= 0.6 is 0 Å². The highest BCUT2D eigenvalue weighted by Gasteiger charge is 2.20. The van der Waals surface area contributed by atoms with Gasteiger partial charge in [0.1, 0.15) is 0 Å². The van der Waals surface area contributed by atoms with Crippen LogP contribution in [0.4, 0.5) is 17.6 Å². The summed E-state index contributed by atoms with van der Waals surface area (Å²) >= 11 is 0. The zero-order valence-electron chi connectivity index (χ0n) is 8.71. The Kier molecular flexibility index (Phi) is 4.24. The normalized spacial score (nSPS) is 10.5. The van der Waals surface area contributed by atoms with Gasteiger partial charge >= 0.3 is 5.97 Å². The molecule has 0 aromatic heterocycles. The van der Waals surface area contributed by atoms with Crippen molar-refractivity contribution in [2.75, 3.05) is 6.54 Å². The smallest absolute Gasteiger partial charge is 0.336 e. The third-order valence-corrected chi connectivity index (χ3v) is 1.95. The van der Waals surface area contributed by atoms with E-state index in [2.05, 4.69) is 0 Å². The Bertz CT molecular complexity index is 490. The number of alkyl halides is 2. The van der Waals surface area contributed by atoms with Crippen molar-refractivity contribution >= 4 is 11.9 Å². The molecule has 2 N–H and O–H groups in total. The molecule has 1 aromatic rings. The fraction of sp³-hybridized carbons (Fsp3) is 0.200. The van der Waals surface area contributed by atoms with Gasteiger partial charge in [-0.25, -0.2) is 22.4 Å². The molecule has 0 spiro atoms. The molecular formula is C10H7F4NO3. The monoisotopic (exact) mass is 265 g/mol. The molecule has 1 amide bonds. The Morgan fingerprint density at radius 1 is 1.17 bits per heavy atom. The SMILES string of the molecule is O=C(O)c1cc(F)c(F)cc1C(=O)NCC(F)F. The minimum Gasteiger partial charge on any atom is -0.478 e. The molecule has 0 fully saturated rings. The number of halogens is 4. The average molecular weight is 265 g/mol. The van der Waals surface area contributed by atoms with Gasteiger partial charge in [-0.15, -0.1) is 0 Å². The molecule has 18 heavy (non-hydrogen) atoms. The maximum absolute atomic E-state index is 12.9.